The molecule has 1 aliphatic carbocycles. The highest BCUT2D eigenvalue weighted by atomic mass is 16.5. The normalized spacial score (nSPS) is 26.6. The smallest absolute Gasteiger partial charge is 0.262 e. The molecule has 7 rings (SSSR count). The van der Waals surface area contributed by atoms with Crippen molar-refractivity contribution < 1.29 is 23.9 Å². The number of nitrogens with one attached hydrogen (secondary N) is 2. The number of carbonyl (C=O) groups excluding carboxylic acids is 4. The highest BCUT2D eigenvalue weighted by Crippen LogP contribution is 2.38. The number of nitrogens with zero attached hydrogens (tertiary/aromatic N) is 4. The molecule has 2 saturated heterocycles. The van der Waals surface area contributed by atoms with Gasteiger partial charge < -0.3 is 15.0 Å². The molecule has 2 aromatic rings. The van der Waals surface area contributed by atoms with Gasteiger partial charge in [0, 0.05) is 62.1 Å². The summed E-state index contributed by atoms with van der Waals surface area (Å²) in [5, 5.41) is 12.7. The number of carbonyl (C=O) groups is 4. The average Bonchev–Trinajstić information content (AvgIpc) is 3.60. The van der Waals surface area contributed by atoms with Gasteiger partial charge in [-0.05, 0) is 73.9 Å². The van der Waals surface area contributed by atoms with Crippen molar-refractivity contribution in [2.75, 3.05) is 49.6 Å². The molecule has 5 aliphatic rings. The molecular weight excluding hydrogens is 560 g/mol. The molecule has 0 radical (unpaired) electrons. The lowest BCUT2D eigenvalue weighted by Gasteiger charge is -2.40. The second kappa shape index (κ2) is 12.0. The third-order valence-electron chi connectivity index (χ3n) is 9.64. The highest BCUT2D eigenvalue weighted by Gasteiger charge is 2.44. The third kappa shape index (κ3) is 5.56. The molecule has 2 N–H and O–H groups in total. The number of hydrazone groups is 1. The number of morpholine rings is 1. The van der Waals surface area contributed by atoms with E-state index in [1.165, 1.54) is 11.3 Å². The van der Waals surface area contributed by atoms with Gasteiger partial charge in [0.05, 0.1) is 24.3 Å². The number of benzene rings is 2. The van der Waals surface area contributed by atoms with Crippen molar-refractivity contribution >= 4 is 41.2 Å². The van der Waals surface area contributed by atoms with Crippen LogP contribution in [0.3, 0.4) is 0 Å². The number of fused-ring (bicyclic) bond motifs is 1. The van der Waals surface area contributed by atoms with Gasteiger partial charge in [0.15, 0.2) is 0 Å². The minimum Gasteiger partial charge on any atom is -0.385 e. The topological polar surface area (TPSA) is 124 Å². The van der Waals surface area contributed by atoms with Crippen LogP contribution in [-0.4, -0.2) is 91.2 Å². The number of imide groups is 2. The van der Waals surface area contributed by atoms with Crippen LogP contribution in [0, 0.1) is 5.92 Å². The quantitative estimate of drug-likeness (QED) is 0.334. The highest BCUT2D eigenvalue weighted by molar-refractivity contribution is 6.23. The molecule has 0 spiro atoms. The summed E-state index contributed by atoms with van der Waals surface area (Å²) in [6.07, 6.45) is 6.80. The van der Waals surface area contributed by atoms with Crippen molar-refractivity contribution in [3.05, 3.63) is 59.2 Å². The first-order chi connectivity index (χ1) is 21.4. The molecule has 44 heavy (non-hydrogen) atoms. The lowest BCUT2D eigenvalue weighted by Crippen LogP contribution is -2.54. The van der Waals surface area contributed by atoms with Crippen LogP contribution in [-0.2, 0) is 14.3 Å². The van der Waals surface area contributed by atoms with Crippen molar-refractivity contribution in [3.63, 3.8) is 0 Å². The molecule has 4 aliphatic heterocycles. The summed E-state index contributed by atoms with van der Waals surface area (Å²) >= 11 is 0. The second-order valence-electron chi connectivity index (χ2n) is 12.5. The van der Waals surface area contributed by atoms with E-state index in [4.69, 9.17) is 9.84 Å². The molecule has 4 heterocycles. The summed E-state index contributed by atoms with van der Waals surface area (Å²) in [4.78, 5) is 53.1. The molecule has 2 aromatic carbocycles. The lowest BCUT2D eigenvalue weighted by atomic mass is 9.77. The Morgan fingerprint density at radius 3 is 2.61 bits per heavy atom. The number of piperidine rings is 1. The molecule has 4 amide bonds. The molecule has 11 nitrogen and oxygen atoms in total. The fraction of sp³-hybridized carbons (Fsp3) is 0.485. The molecule has 2 unspecified atom stereocenters. The van der Waals surface area contributed by atoms with Crippen molar-refractivity contribution in [2.45, 2.75) is 56.5 Å². The van der Waals surface area contributed by atoms with Gasteiger partial charge in [0.1, 0.15) is 6.04 Å². The van der Waals surface area contributed by atoms with E-state index >= 15 is 0 Å². The largest absolute Gasteiger partial charge is 0.385 e. The molecule has 0 bridgehead atoms. The fourth-order valence-electron chi connectivity index (χ4n) is 7.05. The van der Waals surface area contributed by atoms with Crippen LogP contribution in [0.4, 0.5) is 11.4 Å². The zero-order valence-electron chi connectivity index (χ0n) is 24.7. The minimum atomic E-state index is -0.952. The van der Waals surface area contributed by atoms with Gasteiger partial charge in [0.2, 0.25) is 11.8 Å². The number of amides is 4. The lowest BCUT2D eigenvalue weighted by molar-refractivity contribution is -0.136. The molecular formula is C33H38N6O5. The van der Waals surface area contributed by atoms with Crippen molar-refractivity contribution in [1.82, 2.24) is 15.2 Å². The van der Waals surface area contributed by atoms with Crippen LogP contribution in [0.2, 0.25) is 0 Å². The van der Waals surface area contributed by atoms with E-state index in [0.717, 1.165) is 75.7 Å². The van der Waals surface area contributed by atoms with Gasteiger partial charge in [-0.25, -0.2) is 0 Å². The second-order valence-corrected chi connectivity index (χ2v) is 12.5. The van der Waals surface area contributed by atoms with Gasteiger partial charge >= 0.3 is 0 Å². The zero-order valence-corrected chi connectivity index (χ0v) is 24.7. The van der Waals surface area contributed by atoms with E-state index in [1.54, 1.807) is 18.2 Å². The fourth-order valence-corrected chi connectivity index (χ4v) is 7.05. The Labute approximate surface area is 256 Å². The van der Waals surface area contributed by atoms with E-state index in [2.05, 4.69) is 51.0 Å². The van der Waals surface area contributed by atoms with Crippen LogP contribution in [0.25, 0.3) is 0 Å². The van der Waals surface area contributed by atoms with E-state index in [1.807, 2.05) is 0 Å². The van der Waals surface area contributed by atoms with Gasteiger partial charge in [-0.1, -0.05) is 12.1 Å². The zero-order chi connectivity index (χ0) is 30.2. The molecule has 3 fully saturated rings. The van der Waals surface area contributed by atoms with Crippen LogP contribution in [0.5, 0.6) is 0 Å². The predicted molar refractivity (Wildman–Crippen MR) is 165 cm³/mol. The monoisotopic (exact) mass is 598 g/mol. The number of rotatable bonds is 9. The standard InChI is InChI=1S/C33H38N6O5/c40-30-9-8-29(31(41)36-30)39-32(42)27-7-6-24(18-28(27)33(39)43)34-10-2-3-21-15-26(16-21)38-20-23(19-35-38)22-4-1-5-25(17-22)37-11-13-44-14-12-37/h1,4-7,17-19,21,23,26,29,34H,2-3,8-16,20H2,(H,36,40,41)/t21-,23?,26-,29?. The Balaban J connectivity index is 0.845. The SMILES string of the molecule is O=C1CCC(N2C(=O)c3ccc(NCCC[C@H]4C[C@H](N5CC(c6cccc(N7CCOCC7)c6)C=N5)C4)cc3C2=O)C(=O)N1. The Morgan fingerprint density at radius 1 is 0.977 bits per heavy atom. The summed E-state index contributed by atoms with van der Waals surface area (Å²) in [5.41, 5.74) is 3.95. The average molecular weight is 599 g/mol. The molecule has 230 valence electrons. The summed E-state index contributed by atoms with van der Waals surface area (Å²) in [6.45, 7) is 5.14. The number of hydrogen-bond acceptors (Lipinski definition) is 9. The maximum absolute atomic E-state index is 13.1. The van der Waals surface area contributed by atoms with E-state index in [0.29, 0.717) is 29.0 Å². The maximum atomic E-state index is 13.1. The van der Waals surface area contributed by atoms with Crippen LogP contribution >= 0.6 is 0 Å². The maximum Gasteiger partial charge on any atom is 0.262 e. The van der Waals surface area contributed by atoms with E-state index < -0.39 is 23.8 Å². The van der Waals surface area contributed by atoms with Crippen molar-refractivity contribution in [1.29, 1.82) is 0 Å². The molecule has 2 atom stereocenters. The number of hydrogen-bond donors (Lipinski definition) is 2. The summed E-state index contributed by atoms with van der Waals surface area (Å²) < 4.78 is 5.50. The Morgan fingerprint density at radius 2 is 1.80 bits per heavy atom. The Hall–Kier alpha value is -4.25. The number of ether oxygens (including phenoxy) is 1. The van der Waals surface area contributed by atoms with E-state index in [-0.39, 0.29) is 18.7 Å². The Kier molecular flexibility index (Phi) is 7.80. The van der Waals surface area contributed by atoms with Crippen LogP contribution < -0.4 is 15.5 Å². The van der Waals surface area contributed by atoms with Gasteiger partial charge in [0.25, 0.3) is 11.8 Å². The summed E-state index contributed by atoms with van der Waals surface area (Å²) in [7, 11) is 0. The third-order valence-corrected chi connectivity index (χ3v) is 9.64. The number of anilines is 2. The molecule has 1 saturated carbocycles. The van der Waals surface area contributed by atoms with Crippen LogP contribution in [0.1, 0.15) is 70.7 Å². The minimum absolute atomic E-state index is 0.105. The van der Waals surface area contributed by atoms with Gasteiger partial charge in [-0.3, -0.25) is 34.4 Å². The summed E-state index contributed by atoms with van der Waals surface area (Å²) in [6, 6.07) is 13.6. The van der Waals surface area contributed by atoms with Crippen molar-refractivity contribution in [2.24, 2.45) is 11.0 Å². The first-order valence-electron chi connectivity index (χ1n) is 15.8. The first-order valence-corrected chi connectivity index (χ1v) is 15.8. The summed E-state index contributed by atoms with van der Waals surface area (Å²) in [5.74, 6) is -0.947. The van der Waals surface area contributed by atoms with Gasteiger partial charge in [-0.2, -0.15) is 5.10 Å². The predicted octanol–water partition coefficient (Wildman–Crippen LogP) is 2.98. The van der Waals surface area contributed by atoms with Crippen molar-refractivity contribution in [3.8, 4) is 0 Å². The molecule has 11 heteroatoms. The van der Waals surface area contributed by atoms with E-state index in [9.17, 15) is 19.2 Å². The first kappa shape index (κ1) is 28.5. The van der Waals surface area contributed by atoms with Crippen LogP contribution in [0.15, 0.2) is 47.6 Å². The molecule has 0 aromatic heterocycles. The Bertz CT molecular complexity index is 1500. The van der Waals surface area contributed by atoms with Gasteiger partial charge in [-0.15, -0.1) is 0 Å².